The number of aliphatic hydroxyl groups is 3. The Morgan fingerprint density at radius 3 is 2.33 bits per heavy atom. The number of carbonyl (C=O) groups is 1. The largest absolute Gasteiger partial charge is 0.480 e. The standard InChI is InChI=1S/C6H13NO5/c8-3-5(10)4(9)1-7-2-6(11)12/h4-5,7-10H,1-3H2,(H,11,12). The minimum atomic E-state index is -1.23. The van der Waals surface area contributed by atoms with Gasteiger partial charge in [0.05, 0.1) is 19.3 Å². The maximum atomic E-state index is 9.96. The highest BCUT2D eigenvalue weighted by Crippen LogP contribution is 1.89. The summed E-state index contributed by atoms with van der Waals surface area (Å²) in [6, 6.07) is 0. The number of hydrogen-bond acceptors (Lipinski definition) is 5. The van der Waals surface area contributed by atoms with Crippen LogP contribution in [0, 0.1) is 0 Å². The lowest BCUT2D eigenvalue weighted by Crippen LogP contribution is -2.39. The van der Waals surface area contributed by atoms with Crippen LogP contribution in [-0.2, 0) is 4.79 Å². The molecule has 0 saturated carbocycles. The molecule has 0 saturated heterocycles. The lowest BCUT2D eigenvalue weighted by Gasteiger charge is -2.14. The Morgan fingerprint density at radius 1 is 1.33 bits per heavy atom. The van der Waals surface area contributed by atoms with E-state index in [9.17, 15) is 4.79 Å². The molecule has 2 atom stereocenters. The van der Waals surface area contributed by atoms with E-state index in [1.54, 1.807) is 0 Å². The molecule has 0 spiro atoms. The molecule has 0 aromatic carbocycles. The van der Waals surface area contributed by atoms with Gasteiger partial charge >= 0.3 is 5.97 Å². The molecule has 0 bridgehead atoms. The Morgan fingerprint density at radius 2 is 1.92 bits per heavy atom. The number of nitrogens with one attached hydrogen (secondary N) is 1. The summed E-state index contributed by atoms with van der Waals surface area (Å²) in [7, 11) is 0. The SMILES string of the molecule is O=C(O)CNCC(O)C(O)CO. The molecular formula is C6H13NO5. The van der Waals surface area contributed by atoms with Crippen molar-refractivity contribution < 1.29 is 25.2 Å². The number of aliphatic carboxylic acids is 1. The van der Waals surface area contributed by atoms with Crippen LogP contribution in [0.15, 0.2) is 0 Å². The van der Waals surface area contributed by atoms with E-state index in [1.807, 2.05) is 0 Å². The molecule has 0 aromatic heterocycles. The lowest BCUT2D eigenvalue weighted by molar-refractivity contribution is -0.136. The van der Waals surface area contributed by atoms with Gasteiger partial charge in [0, 0.05) is 6.54 Å². The molecule has 12 heavy (non-hydrogen) atoms. The zero-order valence-electron chi connectivity index (χ0n) is 6.47. The van der Waals surface area contributed by atoms with Crippen LogP contribution in [0.2, 0.25) is 0 Å². The molecule has 2 unspecified atom stereocenters. The highest BCUT2D eigenvalue weighted by Gasteiger charge is 2.14. The molecule has 0 aromatic rings. The first-order chi connectivity index (χ1) is 5.57. The van der Waals surface area contributed by atoms with Crippen LogP contribution >= 0.6 is 0 Å². The normalized spacial score (nSPS) is 15.6. The van der Waals surface area contributed by atoms with Crippen LogP contribution in [0.1, 0.15) is 0 Å². The molecular weight excluding hydrogens is 166 g/mol. The van der Waals surface area contributed by atoms with E-state index in [0.717, 1.165) is 0 Å². The molecule has 0 amide bonds. The number of aliphatic hydroxyl groups excluding tert-OH is 3. The number of carboxylic acid groups (broad SMARTS) is 1. The van der Waals surface area contributed by atoms with E-state index in [0.29, 0.717) is 0 Å². The highest BCUT2D eigenvalue weighted by molar-refractivity contribution is 5.68. The van der Waals surface area contributed by atoms with Crippen molar-refractivity contribution in [3.63, 3.8) is 0 Å². The zero-order chi connectivity index (χ0) is 9.56. The molecule has 6 heteroatoms. The monoisotopic (exact) mass is 179 g/mol. The van der Waals surface area contributed by atoms with Gasteiger partial charge in [0.2, 0.25) is 0 Å². The first-order valence-corrected chi connectivity index (χ1v) is 3.47. The fraction of sp³-hybridized carbons (Fsp3) is 0.833. The van der Waals surface area contributed by atoms with E-state index < -0.39 is 24.8 Å². The average Bonchev–Trinajstić information content (AvgIpc) is 2.02. The predicted molar refractivity (Wildman–Crippen MR) is 39.6 cm³/mol. The smallest absolute Gasteiger partial charge is 0.317 e. The third-order valence-corrected chi connectivity index (χ3v) is 1.26. The molecule has 72 valence electrons. The van der Waals surface area contributed by atoms with Gasteiger partial charge in [-0.1, -0.05) is 0 Å². The van der Waals surface area contributed by atoms with E-state index >= 15 is 0 Å². The minimum Gasteiger partial charge on any atom is -0.480 e. The van der Waals surface area contributed by atoms with Gasteiger partial charge in [0.25, 0.3) is 0 Å². The van der Waals surface area contributed by atoms with Crippen LogP contribution in [0.25, 0.3) is 0 Å². The van der Waals surface area contributed by atoms with Crippen molar-refractivity contribution in [2.45, 2.75) is 12.2 Å². The fourth-order valence-electron chi connectivity index (χ4n) is 0.585. The molecule has 0 fully saturated rings. The Kier molecular flexibility index (Phi) is 5.56. The van der Waals surface area contributed by atoms with Crippen molar-refractivity contribution in [1.82, 2.24) is 5.32 Å². The number of hydrogen-bond donors (Lipinski definition) is 5. The summed E-state index contributed by atoms with van der Waals surface area (Å²) in [5.74, 6) is -1.04. The summed E-state index contributed by atoms with van der Waals surface area (Å²) in [5, 5.41) is 36.7. The zero-order valence-corrected chi connectivity index (χ0v) is 6.47. The van der Waals surface area contributed by atoms with E-state index in [4.69, 9.17) is 20.4 Å². The minimum absolute atomic E-state index is 0.0615. The average molecular weight is 179 g/mol. The maximum absolute atomic E-state index is 9.96. The van der Waals surface area contributed by atoms with E-state index in [1.165, 1.54) is 0 Å². The van der Waals surface area contributed by atoms with Gasteiger partial charge in [-0.2, -0.15) is 0 Å². The highest BCUT2D eigenvalue weighted by atomic mass is 16.4. The molecule has 5 N–H and O–H groups in total. The summed E-state index contributed by atoms with van der Waals surface area (Å²) in [6.07, 6.45) is -2.37. The lowest BCUT2D eigenvalue weighted by atomic mass is 10.2. The van der Waals surface area contributed by atoms with Crippen molar-refractivity contribution in [2.75, 3.05) is 19.7 Å². The van der Waals surface area contributed by atoms with E-state index in [-0.39, 0.29) is 13.1 Å². The summed E-state index contributed by atoms with van der Waals surface area (Å²) >= 11 is 0. The van der Waals surface area contributed by atoms with Crippen LogP contribution in [0.4, 0.5) is 0 Å². The summed E-state index contributed by atoms with van der Waals surface area (Å²) in [5.41, 5.74) is 0. The number of rotatable bonds is 6. The van der Waals surface area contributed by atoms with Gasteiger partial charge < -0.3 is 25.7 Å². The van der Waals surface area contributed by atoms with Crippen molar-refractivity contribution >= 4 is 5.97 Å². The van der Waals surface area contributed by atoms with Gasteiger partial charge in [-0.05, 0) is 0 Å². The third kappa shape index (κ3) is 5.03. The Labute approximate surface area is 69.5 Å². The molecule has 0 rings (SSSR count). The Hall–Kier alpha value is -0.690. The molecule has 0 aliphatic rings. The second kappa shape index (κ2) is 5.90. The van der Waals surface area contributed by atoms with Crippen molar-refractivity contribution in [2.24, 2.45) is 0 Å². The van der Waals surface area contributed by atoms with Crippen LogP contribution in [0.5, 0.6) is 0 Å². The van der Waals surface area contributed by atoms with Crippen molar-refractivity contribution in [1.29, 1.82) is 0 Å². The van der Waals surface area contributed by atoms with Gasteiger partial charge in [-0.3, -0.25) is 4.79 Å². The first-order valence-electron chi connectivity index (χ1n) is 3.47. The quantitative estimate of drug-likeness (QED) is 0.305. The molecule has 6 nitrogen and oxygen atoms in total. The van der Waals surface area contributed by atoms with Crippen LogP contribution in [0.3, 0.4) is 0 Å². The molecule has 0 heterocycles. The topological polar surface area (TPSA) is 110 Å². The van der Waals surface area contributed by atoms with Crippen molar-refractivity contribution in [3.8, 4) is 0 Å². The summed E-state index contributed by atoms with van der Waals surface area (Å²) in [4.78, 5) is 9.96. The van der Waals surface area contributed by atoms with Crippen LogP contribution < -0.4 is 5.32 Å². The van der Waals surface area contributed by atoms with E-state index in [2.05, 4.69) is 5.32 Å². The first kappa shape index (κ1) is 11.3. The molecule has 0 radical (unpaired) electrons. The van der Waals surface area contributed by atoms with Crippen LogP contribution in [-0.4, -0.2) is 58.3 Å². The van der Waals surface area contributed by atoms with Gasteiger partial charge in [-0.15, -0.1) is 0 Å². The second-order valence-electron chi connectivity index (χ2n) is 2.34. The molecule has 0 aliphatic carbocycles. The number of carboxylic acids is 1. The fourth-order valence-corrected chi connectivity index (χ4v) is 0.585. The summed E-state index contributed by atoms with van der Waals surface area (Å²) in [6.45, 7) is -0.890. The second-order valence-corrected chi connectivity index (χ2v) is 2.34. The van der Waals surface area contributed by atoms with Gasteiger partial charge in [0.1, 0.15) is 6.10 Å². The van der Waals surface area contributed by atoms with Gasteiger partial charge in [0.15, 0.2) is 0 Å². The third-order valence-electron chi connectivity index (χ3n) is 1.26. The van der Waals surface area contributed by atoms with Gasteiger partial charge in [-0.25, -0.2) is 0 Å². The van der Waals surface area contributed by atoms with Crippen molar-refractivity contribution in [3.05, 3.63) is 0 Å². The Bertz CT molecular complexity index is 140. The predicted octanol–water partition coefficient (Wildman–Crippen LogP) is -2.63. The Balaban J connectivity index is 3.43. The summed E-state index contributed by atoms with van der Waals surface area (Å²) < 4.78 is 0. The maximum Gasteiger partial charge on any atom is 0.317 e. The molecule has 0 aliphatic heterocycles.